The molecule has 6 heteroatoms. The van der Waals surface area contributed by atoms with Crippen molar-refractivity contribution in [2.75, 3.05) is 6.54 Å². The Morgan fingerprint density at radius 3 is 2.90 bits per heavy atom. The molecule has 0 fully saturated rings. The van der Waals surface area contributed by atoms with Crippen LogP contribution >= 0.6 is 0 Å². The number of benzene rings is 1. The number of hydrogen-bond donors (Lipinski definition) is 2. The predicted octanol–water partition coefficient (Wildman–Crippen LogP) is 1.94. The fraction of sp³-hybridized carbons (Fsp3) is 0.267. The van der Waals surface area contributed by atoms with E-state index in [1.54, 1.807) is 13.0 Å². The van der Waals surface area contributed by atoms with Crippen LogP contribution in [0.2, 0.25) is 0 Å². The molecule has 21 heavy (non-hydrogen) atoms. The van der Waals surface area contributed by atoms with Gasteiger partial charge in [0.15, 0.2) is 11.5 Å². The SMILES string of the molecule is Cc1cc(F)ccc1-c1nc2c(c(C(=O)O)n1)CNCC2. The largest absolute Gasteiger partial charge is 0.476 e. The van der Waals surface area contributed by atoms with E-state index >= 15 is 0 Å². The summed E-state index contributed by atoms with van der Waals surface area (Å²) in [4.78, 5) is 20.1. The topological polar surface area (TPSA) is 75.1 Å². The van der Waals surface area contributed by atoms with Crippen LogP contribution in [0.4, 0.5) is 4.39 Å². The van der Waals surface area contributed by atoms with Gasteiger partial charge in [-0.05, 0) is 30.7 Å². The van der Waals surface area contributed by atoms with Gasteiger partial charge in [-0.15, -0.1) is 0 Å². The Balaban J connectivity index is 2.19. The van der Waals surface area contributed by atoms with Gasteiger partial charge in [0.05, 0.1) is 5.69 Å². The number of aryl methyl sites for hydroxylation is 1. The van der Waals surface area contributed by atoms with Crippen LogP contribution in [-0.4, -0.2) is 27.6 Å². The van der Waals surface area contributed by atoms with Gasteiger partial charge in [0, 0.05) is 30.6 Å². The fourth-order valence-electron chi connectivity index (χ4n) is 2.52. The van der Waals surface area contributed by atoms with Crippen LogP contribution in [0, 0.1) is 12.7 Å². The third kappa shape index (κ3) is 2.50. The number of aromatic carboxylic acids is 1. The lowest BCUT2D eigenvalue weighted by Crippen LogP contribution is -2.28. The van der Waals surface area contributed by atoms with Crippen molar-refractivity contribution in [3.63, 3.8) is 0 Å². The van der Waals surface area contributed by atoms with Crippen LogP contribution < -0.4 is 5.32 Å². The van der Waals surface area contributed by atoms with Crippen molar-refractivity contribution < 1.29 is 14.3 Å². The zero-order valence-corrected chi connectivity index (χ0v) is 11.5. The van der Waals surface area contributed by atoms with Crippen molar-refractivity contribution in [1.29, 1.82) is 0 Å². The molecular weight excluding hydrogens is 273 g/mol. The van der Waals surface area contributed by atoms with E-state index in [2.05, 4.69) is 15.3 Å². The quantitative estimate of drug-likeness (QED) is 0.883. The number of nitrogens with zero attached hydrogens (tertiary/aromatic N) is 2. The van der Waals surface area contributed by atoms with Gasteiger partial charge >= 0.3 is 5.97 Å². The summed E-state index contributed by atoms with van der Waals surface area (Å²) in [6.07, 6.45) is 0.658. The number of nitrogens with one attached hydrogen (secondary N) is 1. The number of carboxylic acids is 1. The molecule has 1 aromatic carbocycles. The second-order valence-electron chi connectivity index (χ2n) is 5.01. The van der Waals surface area contributed by atoms with E-state index in [9.17, 15) is 14.3 Å². The summed E-state index contributed by atoms with van der Waals surface area (Å²) < 4.78 is 13.2. The third-order valence-corrected chi connectivity index (χ3v) is 3.57. The lowest BCUT2D eigenvalue weighted by atomic mass is 10.0. The first-order valence-electron chi connectivity index (χ1n) is 6.66. The maximum Gasteiger partial charge on any atom is 0.354 e. The van der Waals surface area contributed by atoms with Crippen molar-refractivity contribution in [3.8, 4) is 11.4 Å². The minimum Gasteiger partial charge on any atom is -0.476 e. The van der Waals surface area contributed by atoms with Crippen molar-refractivity contribution >= 4 is 5.97 Å². The first-order valence-corrected chi connectivity index (χ1v) is 6.66. The molecule has 108 valence electrons. The standard InChI is InChI=1S/C15H14FN3O2/c1-8-6-9(16)2-3-10(8)14-18-12-4-5-17-7-11(12)13(19-14)15(20)21/h2-3,6,17H,4-5,7H2,1H3,(H,20,21). The maximum absolute atomic E-state index is 13.2. The summed E-state index contributed by atoms with van der Waals surface area (Å²) in [5.74, 6) is -1.07. The van der Waals surface area contributed by atoms with Gasteiger partial charge in [-0.2, -0.15) is 0 Å². The molecule has 3 rings (SSSR count). The van der Waals surface area contributed by atoms with Gasteiger partial charge < -0.3 is 10.4 Å². The van der Waals surface area contributed by atoms with Crippen LogP contribution in [0.1, 0.15) is 27.3 Å². The molecule has 2 aromatic rings. The lowest BCUT2D eigenvalue weighted by Gasteiger charge is -2.19. The van der Waals surface area contributed by atoms with Gasteiger partial charge in [-0.25, -0.2) is 19.2 Å². The Morgan fingerprint density at radius 1 is 1.38 bits per heavy atom. The number of rotatable bonds is 2. The number of carboxylic acid groups (broad SMARTS) is 1. The van der Waals surface area contributed by atoms with E-state index in [4.69, 9.17) is 0 Å². The number of halogens is 1. The Bertz CT molecular complexity index is 731. The highest BCUT2D eigenvalue weighted by molar-refractivity contribution is 5.88. The Morgan fingerprint density at radius 2 is 2.19 bits per heavy atom. The molecule has 1 aliphatic heterocycles. The molecule has 0 atom stereocenters. The van der Waals surface area contributed by atoms with Crippen molar-refractivity contribution in [2.24, 2.45) is 0 Å². The average Bonchev–Trinajstić information content (AvgIpc) is 2.46. The van der Waals surface area contributed by atoms with Gasteiger partial charge in [0.25, 0.3) is 0 Å². The summed E-state index contributed by atoms with van der Waals surface area (Å²) in [6.45, 7) is 2.97. The molecule has 0 bridgehead atoms. The first-order chi connectivity index (χ1) is 10.1. The highest BCUT2D eigenvalue weighted by Gasteiger charge is 2.22. The van der Waals surface area contributed by atoms with Crippen molar-refractivity contribution in [1.82, 2.24) is 15.3 Å². The molecule has 5 nitrogen and oxygen atoms in total. The number of aromatic nitrogens is 2. The van der Waals surface area contributed by atoms with Crippen LogP contribution in [0.3, 0.4) is 0 Å². The summed E-state index contributed by atoms with van der Waals surface area (Å²) in [6, 6.07) is 4.30. The molecule has 0 amide bonds. The number of carbonyl (C=O) groups is 1. The molecule has 2 heterocycles. The second-order valence-corrected chi connectivity index (χ2v) is 5.01. The lowest BCUT2D eigenvalue weighted by molar-refractivity contribution is 0.0688. The minimum absolute atomic E-state index is 0.0194. The molecule has 1 aliphatic rings. The van der Waals surface area contributed by atoms with Crippen LogP contribution in [0.25, 0.3) is 11.4 Å². The summed E-state index contributed by atoms with van der Waals surface area (Å²) in [7, 11) is 0. The molecule has 2 N–H and O–H groups in total. The van der Waals surface area contributed by atoms with E-state index in [-0.39, 0.29) is 11.5 Å². The van der Waals surface area contributed by atoms with Crippen LogP contribution in [-0.2, 0) is 13.0 Å². The molecule has 0 unspecified atom stereocenters. The molecule has 0 radical (unpaired) electrons. The van der Waals surface area contributed by atoms with Crippen molar-refractivity contribution in [3.05, 3.63) is 46.5 Å². The van der Waals surface area contributed by atoms with Gasteiger partial charge in [-0.1, -0.05) is 0 Å². The monoisotopic (exact) mass is 287 g/mol. The minimum atomic E-state index is -1.07. The maximum atomic E-state index is 13.2. The average molecular weight is 287 g/mol. The van der Waals surface area contributed by atoms with Gasteiger partial charge in [-0.3, -0.25) is 0 Å². The highest BCUT2D eigenvalue weighted by Crippen LogP contribution is 2.24. The zero-order chi connectivity index (χ0) is 15.0. The Labute approximate surface area is 120 Å². The summed E-state index contributed by atoms with van der Waals surface area (Å²) in [5, 5.41) is 12.5. The fourth-order valence-corrected chi connectivity index (χ4v) is 2.52. The van der Waals surface area contributed by atoms with E-state index in [1.165, 1.54) is 12.1 Å². The Kier molecular flexibility index (Phi) is 3.39. The molecule has 0 spiro atoms. The van der Waals surface area contributed by atoms with Gasteiger partial charge in [0.2, 0.25) is 0 Å². The summed E-state index contributed by atoms with van der Waals surface area (Å²) in [5.41, 5.74) is 2.74. The van der Waals surface area contributed by atoms with Crippen LogP contribution in [0.15, 0.2) is 18.2 Å². The smallest absolute Gasteiger partial charge is 0.354 e. The van der Waals surface area contributed by atoms with Gasteiger partial charge in [0.1, 0.15) is 5.82 Å². The third-order valence-electron chi connectivity index (χ3n) is 3.57. The van der Waals surface area contributed by atoms with E-state index in [0.717, 1.165) is 12.2 Å². The first kappa shape index (κ1) is 13.6. The molecule has 0 aliphatic carbocycles. The highest BCUT2D eigenvalue weighted by atomic mass is 19.1. The Hall–Kier alpha value is -2.34. The summed E-state index contributed by atoms with van der Waals surface area (Å²) >= 11 is 0. The molecule has 0 saturated carbocycles. The van der Waals surface area contributed by atoms with Crippen molar-refractivity contribution in [2.45, 2.75) is 19.9 Å². The van der Waals surface area contributed by atoms with E-state index < -0.39 is 5.97 Å². The zero-order valence-electron chi connectivity index (χ0n) is 11.5. The van der Waals surface area contributed by atoms with E-state index in [1.807, 2.05) is 0 Å². The molecule has 1 aromatic heterocycles. The van der Waals surface area contributed by atoms with Crippen LogP contribution in [0.5, 0.6) is 0 Å². The molecule has 0 saturated heterocycles. The number of fused-ring (bicyclic) bond motifs is 1. The predicted molar refractivity (Wildman–Crippen MR) is 74.5 cm³/mol. The van der Waals surface area contributed by atoms with E-state index in [0.29, 0.717) is 35.5 Å². The number of hydrogen-bond acceptors (Lipinski definition) is 4. The normalized spacial score (nSPS) is 13.8. The molecular formula is C15H14FN3O2. The second kappa shape index (κ2) is 5.21.